The third kappa shape index (κ3) is 4.39. The first-order valence-electron chi connectivity index (χ1n) is 6.75. The summed E-state index contributed by atoms with van der Waals surface area (Å²) in [5.74, 6) is -0.151. The van der Waals surface area contributed by atoms with E-state index in [1.165, 1.54) is 6.07 Å². The fourth-order valence-corrected chi connectivity index (χ4v) is 2.68. The third-order valence-electron chi connectivity index (χ3n) is 3.17. The van der Waals surface area contributed by atoms with E-state index in [0.717, 1.165) is 28.6 Å². The molecular weight excluding hydrogens is 319 g/mol. The molecule has 1 unspecified atom stereocenters. The number of halogens is 2. The van der Waals surface area contributed by atoms with Gasteiger partial charge in [-0.25, -0.2) is 4.39 Å². The first kappa shape index (κ1) is 15.1. The molecule has 1 N–H and O–H groups in total. The standard InChI is InChI=1S/C16H18BrFN2/c1-2-20-15(8-12-4-3-7-19-11-12)10-13-9-14(17)5-6-16(13)18/h3-7,9,11,15,20H,2,8,10H2,1H3. The van der Waals surface area contributed by atoms with E-state index in [4.69, 9.17) is 0 Å². The van der Waals surface area contributed by atoms with Gasteiger partial charge in [0.25, 0.3) is 0 Å². The average molecular weight is 337 g/mol. The number of rotatable bonds is 6. The lowest BCUT2D eigenvalue weighted by Gasteiger charge is -2.18. The van der Waals surface area contributed by atoms with Crippen molar-refractivity contribution in [1.82, 2.24) is 10.3 Å². The zero-order valence-electron chi connectivity index (χ0n) is 11.4. The van der Waals surface area contributed by atoms with E-state index >= 15 is 0 Å². The summed E-state index contributed by atoms with van der Waals surface area (Å²) in [6.07, 6.45) is 5.13. The zero-order chi connectivity index (χ0) is 14.4. The van der Waals surface area contributed by atoms with E-state index in [1.54, 1.807) is 12.3 Å². The van der Waals surface area contributed by atoms with Gasteiger partial charge in [0.1, 0.15) is 5.82 Å². The molecule has 0 saturated carbocycles. The second-order valence-electron chi connectivity index (χ2n) is 4.76. The Morgan fingerprint density at radius 2 is 2.15 bits per heavy atom. The largest absolute Gasteiger partial charge is 0.314 e. The highest BCUT2D eigenvalue weighted by Gasteiger charge is 2.13. The first-order chi connectivity index (χ1) is 9.69. The van der Waals surface area contributed by atoms with E-state index in [-0.39, 0.29) is 11.9 Å². The summed E-state index contributed by atoms with van der Waals surface area (Å²) >= 11 is 3.39. The Kier molecular flexibility index (Phi) is 5.68. The van der Waals surface area contributed by atoms with Gasteiger partial charge in [0.15, 0.2) is 0 Å². The summed E-state index contributed by atoms with van der Waals surface area (Å²) in [5.41, 5.74) is 1.89. The molecule has 0 fully saturated rings. The van der Waals surface area contributed by atoms with Crippen LogP contribution in [0.25, 0.3) is 0 Å². The molecule has 106 valence electrons. The van der Waals surface area contributed by atoms with Crippen LogP contribution in [0.5, 0.6) is 0 Å². The van der Waals surface area contributed by atoms with E-state index in [1.807, 2.05) is 18.3 Å². The van der Waals surface area contributed by atoms with Gasteiger partial charge in [-0.3, -0.25) is 4.98 Å². The topological polar surface area (TPSA) is 24.9 Å². The Bertz CT molecular complexity index is 545. The Balaban J connectivity index is 2.11. The third-order valence-corrected chi connectivity index (χ3v) is 3.67. The van der Waals surface area contributed by atoms with E-state index in [9.17, 15) is 4.39 Å². The molecule has 0 bridgehead atoms. The average Bonchev–Trinajstić information content (AvgIpc) is 2.44. The van der Waals surface area contributed by atoms with Gasteiger partial charge in [-0.15, -0.1) is 0 Å². The van der Waals surface area contributed by atoms with Crippen molar-refractivity contribution in [2.24, 2.45) is 0 Å². The van der Waals surface area contributed by atoms with Gasteiger partial charge >= 0.3 is 0 Å². The van der Waals surface area contributed by atoms with Crippen LogP contribution in [-0.2, 0) is 12.8 Å². The predicted molar refractivity (Wildman–Crippen MR) is 83.2 cm³/mol. The maximum Gasteiger partial charge on any atom is 0.126 e. The first-order valence-corrected chi connectivity index (χ1v) is 7.54. The van der Waals surface area contributed by atoms with Gasteiger partial charge in [-0.05, 0) is 54.8 Å². The van der Waals surface area contributed by atoms with Crippen molar-refractivity contribution in [2.75, 3.05) is 6.54 Å². The normalized spacial score (nSPS) is 12.3. The van der Waals surface area contributed by atoms with Crippen LogP contribution in [0.15, 0.2) is 47.2 Å². The number of pyridine rings is 1. The molecule has 0 aliphatic rings. The van der Waals surface area contributed by atoms with E-state index in [0.29, 0.717) is 6.42 Å². The summed E-state index contributed by atoms with van der Waals surface area (Å²) in [7, 11) is 0. The van der Waals surface area contributed by atoms with E-state index in [2.05, 4.69) is 39.2 Å². The van der Waals surface area contributed by atoms with Crippen LogP contribution >= 0.6 is 15.9 Å². The Morgan fingerprint density at radius 3 is 2.85 bits per heavy atom. The summed E-state index contributed by atoms with van der Waals surface area (Å²) < 4.78 is 14.8. The molecule has 2 rings (SSSR count). The Labute approximate surface area is 127 Å². The Morgan fingerprint density at radius 1 is 1.30 bits per heavy atom. The van der Waals surface area contributed by atoms with Crippen molar-refractivity contribution in [1.29, 1.82) is 0 Å². The molecule has 0 saturated heterocycles. The van der Waals surface area contributed by atoms with Crippen LogP contribution < -0.4 is 5.32 Å². The predicted octanol–water partition coefficient (Wildman–Crippen LogP) is 3.75. The number of likely N-dealkylation sites (N-methyl/N-ethyl adjacent to an activating group) is 1. The molecule has 2 aromatic rings. The van der Waals surface area contributed by atoms with Crippen molar-refractivity contribution >= 4 is 15.9 Å². The fraction of sp³-hybridized carbons (Fsp3) is 0.312. The molecule has 0 radical (unpaired) electrons. The smallest absolute Gasteiger partial charge is 0.126 e. The highest BCUT2D eigenvalue weighted by molar-refractivity contribution is 9.10. The van der Waals surface area contributed by atoms with Crippen LogP contribution in [0.3, 0.4) is 0 Å². The highest BCUT2D eigenvalue weighted by atomic mass is 79.9. The van der Waals surface area contributed by atoms with Crippen molar-refractivity contribution in [3.05, 3.63) is 64.1 Å². The molecule has 4 heteroatoms. The monoisotopic (exact) mass is 336 g/mol. The van der Waals surface area contributed by atoms with Crippen molar-refractivity contribution in [2.45, 2.75) is 25.8 Å². The maximum absolute atomic E-state index is 13.8. The fourth-order valence-electron chi connectivity index (χ4n) is 2.27. The molecule has 1 heterocycles. The number of hydrogen-bond donors (Lipinski definition) is 1. The summed E-state index contributed by atoms with van der Waals surface area (Å²) in [5, 5.41) is 3.42. The number of nitrogens with zero attached hydrogens (tertiary/aromatic N) is 1. The summed E-state index contributed by atoms with van der Waals surface area (Å²) in [6, 6.07) is 9.26. The molecule has 1 aromatic carbocycles. The van der Waals surface area contributed by atoms with E-state index < -0.39 is 0 Å². The molecule has 20 heavy (non-hydrogen) atoms. The quantitative estimate of drug-likeness (QED) is 0.868. The van der Waals surface area contributed by atoms with Crippen molar-refractivity contribution in [3.63, 3.8) is 0 Å². The van der Waals surface area contributed by atoms with Gasteiger partial charge in [-0.2, -0.15) is 0 Å². The van der Waals surface area contributed by atoms with Crippen LogP contribution in [0.2, 0.25) is 0 Å². The minimum atomic E-state index is -0.151. The second-order valence-corrected chi connectivity index (χ2v) is 5.68. The minimum Gasteiger partial charge on any atom is -0.314 e. The summed E-state index contributed by atoms with van der Waals surface area (Å²) in [4.78, 5) is 4.13. The lowest BCUT2D eigenvalue weighted by molar-refractivity contribution is 0.505. The number of hydrogen-bond acceptors (Lipinski definition) is 2. The van der Waals surface area contributed by atoms with Crippen LogP contribution in [0.1, 0.15) is 18.1 Å². The minimum absolute atomic E-state index is 0.151. The van der Waals surface area contributed by atoms with Crippen molar-refractivity contribution in [3.8, 4) is 0 Å². The number of aromatic nitrogens is 1. The van der Waals surface area contributed by atoms with Gasteiger partial charge < -0.3 is 5.32 Å². The van der Waals surface area contributed by atoms with Gasteiger partial charge in [0.05, 0.1) is 0 Å². The zero-order valence-corrected chi connectivity index (χ0v) is 13.0. The summed E-state index contributed by atoms with van der Waals surface area (Å²) in [6.45, 7) is 2.92. The molecule has 1 atom stereocenters. The van der Waals surface area contributed by atoms with Crippen LogP contribution in [-0.4, -0.2) is 17.6 Å². The van der Waals surface area contributed by atoms with Gasteiger partial charge in [0.2, 0.25) is 0 Å². The highest BCUT2D eigenvalue weighted by Crippen LogP contribution is 2.18. The van der Waals surface area contributed by atoms with Gasteiger partial charge in [-0.1, -0.05) is 28.9 Å². The SMILES string of the molecule is CCNC(Cc1cccnc1)Cc1cc(Br)ccc1F. The Hall–Kier alpha value is -1.26. The number of benzene rings is 1. The molecule has 1 aromatic heterocycles. The molecular formula is C16H18BrFN2. The van der Waals surface area contributed by atoms with Crippen molar-refractivity contribution < 1.29 is 4.39 Å². The lowest BCUT2D eigenvalue weighted by Crippen LogP contribution is -2.33. The lowest BCUT2D eigenvalue weighted by atomic mass is 9.99. The molecule has 0 spiro atoms. The van der Waals surface area contributed by atoms with Crippen LogP contribution in [0.4, 0.5) is 4.39 Å². The maximum atomic E-state index is 13.8. The molecule has 2 nitrogen and oxygen atoms in total. The molecule has 0 aliphatic carbocycles. The molecule has 0 amide bonds. The second kappa shape index (κ2) is 7.50. The van der Waals surface area contributed by atoms with Gasteiger partial charge in [0, 0.05) is 22.9 Å². The number of nitrogens with one attached hydrogen (secondary N) is 1. The molecule has 0 aliphatic heterocycles. The van der Waals surface area contributed by atoms with Crippen LogP contribution in [0, 0.1) is 5.82 Å².